The first-order valence-electron chi connectivity index (χ1n) is 4.83. The Kier molecular flexibility index (Phi) is 3.66. The number of benzene rings is 1. The summed E-state index contributed by atoms with van der Waals surface area (Å²) in [6, 6.07) is 8.93. The van der Waals surface area contributed by atoms with E-state index in [0.717, 1.165) is 5.69 Å². The molecule has 0 saturated heterocycles. The van der Waals surface area contributed by atoms with Crippen LogP contribution in [0.25, 0.3) is 0 Å². The molecule has 0 bridgehead atoms. The average molecular weight is 270 g/mol. The molecule has 1 aromatic heterocycles. The van der Waals surface area contributed by atoms with E-state index in [-0.39, 0.29) is 10.3 Å². The molecule has 0 unspecified atom stereocenters. The molecule has 1 aromatic carbocycles. The lowest BCUT2D eigenvalue weighted by Gasteiger charge is -2.07. The molecule has 88 valence electrons. The minimum Gasteiger partial charge on any atom is -0.454 e. The zero-order valence-electron chi connectivity index (χ0n) is 8.95. The van der Waals surface area contributed by atoms with E-state index in [2.05, 4.69) is 15.5 Å². The maximum Gasteiger partial charge on any atom is 0.194 e. The lowest BCUT2D eigenvalue weighted by molar-refractivity contribution is 0.479. The van der Waals surface area contributed by atoms with Gasteiger partial charge in [-0.3, -0.25) is 0 Å². The molecule has 0 fully saturated rings. The third-order valence-electron chi connectivity index (χ3n) is 2.06. The van der Waals surface area contributed by atoms with Gasteiger partial charge in [-0.25, -0.2) is 0 Å². The summed E-state index contributed by atoms with van der Waals surface area (Å²) < 4.78 is 5.54. The van der Waals surface area contributed by atoms with E-state index in [1.165, 1.54) is 6.07 Å². The average Bonchev–Trinajstić information content (AvgIpc) is 2.35. The molecule has 0 spiro atoms. The highest BCUT2D eigenvalue weighted by Crippen LogP contribution is 2.29. The Balaban J connectivity index is 2.22. The summed E-state index contributed by atoms with van der Waals surface area (Å²) in [5.41, 5.74) is 0.995. The molecule has 0 atom stereocenters. The van der Waals surface area contributed by atoms with Crippen molar-refractivity contribution in [3.63, 3.8) is 0 Å². The van der Waals surface area contributed by atoms with Crippen molar-refractivity contribution in [2.75, 3.05) is 12.4 Å². The van der Waals surface area contributed by atoms with Crippen molar-refractivity contribution in [2.45, 2.75) is 0 Å². The van der Waals surface area contributed by atoms with Gasteiger partial charge in [0.15, 0.2) is 16.1 Å². The molecule has 2 rings (SSSR count). The minimum absolute atomic E-state index is 0.173. The molecule has 17 heavy (non-hydrogen) atoms. The predicted octanol–water partition coefficient (Wildman–Crippen LogP) is 3.62. The van der Waals surface area contributed by atoms with Crippen molar-refractivity contribution in [1.29, 1.82) is 0 Å². The van der Waals surface area contributed by atoms with Crippen LogP contribution >= 0.6 is 23.2 Å². The van der Waals surface area contributed by atoms with Crippen LogP contribution in [0.4, 0.5) is 5.69 Å². The van der Waals surface area contributed by atoms with Crippen molar-refractivity contribution in [1.82, 2.24) is 10.2 Å². The molecular formula is C11H9Cl2N3O. The van der Waals surface area contributed by atoms with Gasteiger partial charge in [-0.1, -0.05) is 23.2 Å². The summed E-state index contributed by atoms with van der Waals surface area (Å²) >= 11 is 11.5. The van der Waals surface area contributed by atoms with Crippen LogP contribution in [0.15, 0.2) is 30.3 Å². The van der Waals surface area contributed by atoms with E-state index in [0.29, 0.717) is 11.5 Å². The van der Waals surface area contributed by atoms with Crippen LogP contribution < -0.4 is 10.1 Å². The Bertz CT molecular complexity index is 517. The number of nitrogens with one attached hydrogen (secondary N) is 1. The standard InChI is InChI=1S/C11H9Cl2N3O/c1-14-7-2-4-8(5-3-7)17-9-6-10(12)15-16-11(9)13/h2-6,14H,1H3. The number of ether oxygens (including phenoxy) is 1. The number of hydrogen-bond donors (Lipinski definition) is 1. The third kappa shape index (κ3) is 2.99. The maximum atomic E-state index is 5.84. The van der Waals surface area contributed by atoms with Crippen LogP contribution in [0.1, 0.15) is 0 Å². The van der Waals surface area contributed by atoms with Crippen molar-refractivity contribution >= 4 is 28.9 Å². The number of rotatable bonds is 3. The third-order valence-corrected chi connectivity index (χ3v) is 2.50. The van der Waals surface area contributed by atoms with E-state index in [4.69, 9.17) is 27.9 Å². The monoisotopic (exact) mass is 269 g/mol. The van der Waals surface area contributed by atoms with Gasteiger partial charge in [-0.2, -0.15) is 0 Å². The van der Waals surface area contributed by atoms with Gasteiger partial charge in [0.05, 0.1) is 0 Å². The lowest BCUT2D eigenvalue weighted by Crippen LogP contribution is -1.91. The fourth-order valence-corrected chi connectivity index (χ4v) is 1.49. The van der Waals surface area contributed by atoms with Crippen molar-refractivity contribution in [2.24, 2.45) is 0 Å². The van der Waals surface area contributed by atoms with Crippen LogP contribution in [0, 0.1) is 0 Å². The van der Waals surface area contributed by atoms with Gasteiger partial charge in [-0.05, 0) is 24.3 Å². The van der Waals surface area contributed by atoms with E-state index in [9.17, 15) is 0 Å². The van der Waals surface area contributed by atoms with Gasteiger partial charge >= 0.3 is 0 Å². The van der Waals surface area contributed by atoms with Gasteiger partial charge in [0.2, 0.25) is 0 Å². The lowest BCUT2D eigenvalue weighted by atomic mass is 10.3. The SMILES string of the molecule is CNc1ccc(Oc2cc(Cl)nnc2Cl)cc1. The van der Waals surface area contributed by atoms with Gasteiger partial charge < -0.3 is 10.1 Å². The summed E-state index contributed by atoms with van der Waals surface area (Å²) in [5, 5.41) is 10.7. The summed E-state index contributed by atoms with van der Waals surface area (Å²) in [7, 11) is 1.85. The fraction of sp³-hybridized carbons (Fsp3) is 0.0909. The molecule has 0 aliphatic heterocycles. The first-order chi connectivity index (χ1) is 8.19. The molecule has 1 heterocycles. The molecule has 0 radical (unpaired) electrons. The first-order valence-corrected chi connectivity index (χ1v) is 5.59. The summed E-state index contributed by atoms with van der Waals surface area (Å²) in [6.45, 7) is 0. The Hall–Kier alpha value is -1.52. The Morgan fingerprint density at radius 1 is 1.12 bits per heavy atom. The van der Waals surface area contributed by atoms with Gasteiger partial charge in [0.25, 0.3) is 0 Å². The molecule has 0 aliphatic carbocycles. The second-order valence-electron chi connectivity index (χ2n) is 3.20. The number of halogens is 2. The second kappa shape index (κ2) is 5.21. The van der Waals surface area contributed by atoms with E-state index in [1.54, 1.807) is 0 Å². The predicted molar refractivity (Wildman–Crippen MR) is 68.1 cm³/mol. The normalized spacial score (nSPS) is 10.1. The highest BCUT2D eigenvalue weighted by atomic mass is 35.5. The van der Waals surface area contributed by atoms with Crippen LogP contribution in [0.3, 0.4) is 0 Å². The summed E-state index contributed by atoms with van der Waals surface area (Å²) in [5.74, 6) is 1.03. The van der Waals surface area contributed by atoms with E-state index >= 15 is 0 Å². The molecule has 0 saturated carbocycles. The van der Waals surface area contributed by atoms with Gasteiger partial charge in [-0.15, -0.1) is 10.2 Å². The quantitative estimate of drug-likeness (QED) is 0.925. The van der Waals surface area contributed by atoms with Crippen LogP contribution in [-0.2, 0) is 0 Å². The molecule has 6 heteroatoms. The Morgan fingerprint density at radius 2 is 1.82 bits per heavy atom. The molecular weight excluding hydrogens is 261 g/mol. The van der Waals surface area contributed by atoms with Gasteiger partial charge in [0, 0.05) is 18.8 Å². The number of aromatic nitrogens is 2. The van der Waals surface area contributed by atoms with Crippen LogP contribution in [0.2, 0.25) is 10.3 Å². The molecule has 4 nitrogen and oxygen atoms in total. The topological polar surface area (TPSA) is 47.0 Å². The highest BCUT2D eigenvalue weighted by molar-refractivity contribution is 6.32. The summed E-state index contributed by atoms with van der Waals surface area (Å²) in [4.78, 5) is 0. The molecule has 2 aromatic rings. The largest absolute Gasteiger partial charge is 0.454 e. The second-order valence-corrected chi connectivity index (χ2v) is 3.94. The zero-order chi connectivity index (χ0) is 12.3. The molecule has 0 amide bonds. The highest BCUT2D eigenvalue weighted by Gasteiger charge is 2.06. The summed E-state index contributed by atoms with van der Waals surface area (Å²) in [6.07, 6.45) is 0. The van der Waals surface area contributed by atoms with Gasteiger partial charge in [0.1, 0.15) is 5.75 Å². The van der Waals surface area contributed by atoms with Crippen molar-refractivity contribution in [3.8, 4) is 11.5 Å². The van der Waals surface area contributed by atoms with Crippen LogP contribution in [-0.4, -0.2) is 17.2 Å². The van der Waals surface area contributed by atoms with E-state index < -0.39 is 0 Å². The Morgan fingerprint density at radius 3 is 2.47 bits per heavy atom. The number of anilines is 1. The first kappa shape index (κ1) is 12.0. The van der Waals surface area contributed by atoms with Crippen molar-refractivity contribution in [3.05, 3.63) is 40.6 Å². The Labute approximate surface area is 109 Å². The fourth-order valence-electron chi connectivity index (χ4n) is 1.23. The molecule has 1 N–H and O–H groups in total. The minimum atomic E-state index is 0.173. The maximum absolute atomic E-state index is 5.84. The van der Waals surface area contributed by atoms with Crippen LogP contribution in [0.5, 0.6) is 11.5 Å². The molecule has 0 aliphatic rings. The zero-order valence-corrected chi connectivity index (χ0v) is 10.5. The van der Waals surface area contributed by atoms with E-state index in [1.807, 2.05) is 31.3 Å². The van der Waals surface area contributed by atoms with Crippen molar-refractivity contribution < 1.29 is 4.74 Å². The smallest absolute Gasteiger partial charge is 0.194 e. The number of hydrogen-bond acceptors (Lipinski definition) is 4. The number of nitrogens with zero attached hydrogens (tertiary/aromatic N) is 2.